The molecule has 0 radical (unpaired) electrons. The average molecular weight is 471 g/mol. The van der Waals surface area contributed by atoms with Crippen LogP contribution in [0.5, 0.6) is 11.5 Å². The first-order valence-corrected chi connectivity index (χ1v) is 11.6. The maximum absolute atomic E-state index is 13.7. The number of allylic oxidation sites excluding steroid dienone is 1. The summed E-state index contributed by atoms with van der Waals surface area (Å²) < 4.78 is 29.9. The zero-order chi connectivity index (χ0) is 23.8. The minimum atomic E-state index is -0.711. The molecule has 0 bridgehead atoms. The van der Waals surface area contributed by atoms with Gasteiger partial charge in [0.1, 0.15) is 11.9 Å². The van der Waals surface area contributed by atoms with Gasteiger partial charge in [0.05, 0.1) is 26.7 Å². The third kappa shape index (κ3) is 4.80. The minimum Gasteiger partial charge on any atom is -0.493 e. The van der Waals surface area contributed by atoms with Crippen LogP contribution in [0.3, 0.4) is 0 Å². The molecule has 5 nitrogen and oxygen atoms in total. The van der Waals surface area contributed by atoms with Gasteiger partial charge in [-0.05, 0) is 60.9 Å². The summed E-state index contributed by atoms with van der Waals surface area (Å²) in [6.45, 7) is 4.23. The van der Waals surface area contributed by atoms with E-state index in [1.807, 2.05) is 24.3 Å². The number of cyclic esters (lactones) is 1. The maximum Gasteiger partial charge on any atom is 0.309 e. The number of fused-ring (bicyclic) bond motifs is 1. The van der Waals surface area contributed by atoms with E-state index in [1.54, 1.807) is 38.1 Å². The monoisotopic (exact) mass is 470 g/mol. The summed E-state index contributed by atoms with van der Waals surface area (Å²) in [6, 6.07) is 10.3. The molecule has 0 aromatic heterocycles. The number of hydrogen-bond acceptors (Lipinski definition) is 6. The Bertz CT molecular complexity index is 1120. The van der Waals surface area contributed by atoms with Gasteiger partial charge in [-0.3, -0.25) is 4.79 Å². The van der Waals surface area contributed by atoms with Gasteiger partial charge in [-0.1, -0.05) is 18.2 Å². The van der Waals surface area contributed by atoms with E-state index in [-0.39, 0.29) is 17.0 Å². The van der Waals surface area contributed by atoms with Crippen LogP contribution in [0.2, 0.25) is 0 Å². The Morgan fingerprint density at radius 3 is 2.45 bits per heavy atom. The van der Waals surface area contributed by atoms with Gasteiger partial charge in [-0.25, -0.2) is 4.39 Å². The Labute approximate surface area is 197 Å². The number of aliphatic hydroxyl groups excluding tert-OH is 1. The van der Waals surface area contributed by atoms with Gasteiger partial charge >= 0.3 is 5.97 Å². The van der Waals surface area contributed by atoms with Gasteiger partial charge in [-0.2, -0.15) is 0 Å². The van der Waals surface area contributed by atoms with Crippen molar-refractivity contribution < 1.29 is 28.5 Å². The van der Waals surface area contributed by atoms with E-state index in [9.17, 15) is 14.3 Å². The first-order valence-electron chi connectivity index (χ1n) is 10.7. The van der Waals surface area contributed by atoms with Crippen LogP contribution < -0.4 is 9.47 Å². The van der Waals surface area contributed by atoms with Crippen molar-refractivity contribution in [3.63, 3.8) is 0 Å². The number of thioether (sulfide) groups is 1. The summed E-state index contributed by atoms with van der Waals surface area (Å²) >= 11 is 1.68. The van der Waals surface area contributed by atoms with Crippen molar-refractivity contribution in [1.82, 2.24) is 0 Å². The first-order chi connectivity index (χ1) is 15.7. The maximum atomic E-state index is 13.7. The van der Waals surface area contributed by atoms with Gasteiger partial charge in [-0.15, -0.1) is 11.8 Å². The lowest BCUT2D eigenvalue weighted by Crippen LogP contribution is -2.31. The van der Waals surface area contributed by atoms with Gasteiger partial charge in [0.25, 0.3) is 0 Å². The first kappa shape index (κ1) is 23.4. The molecular formula is C26H27FO5S. The second-order valence-corrected chi connectivity index (χ2v) is 10.3. The number of ether oxygens (including phenoxy) is 3. The van der Waals surface area contributed by atoms with Gasteiger partial charge in [0.2, 0.25) is 0 Å². The van der Waals surface area contributed by atoms with Gasteiger partial charge in [0, 0.05) is 21.6 Å². The number of halogens is 1. The van der Waals surface area contributed by atoms with Crippen LogP contribution in [0.4, 0.5) is 4.39 Å². The lowest BCUT2D eigenvalue weighted by Gasteiger charge is -2.35. The van der Waals surface area contributed by atoms with E-state index in [0.717, 1.165) is 27.2 Å². The molecule has 0 aliphatic carbocycles. The normalized spacial score (nSPS) is 22.2. The van der Waals surface area contributed by atoms with E-state index < -0.39 is 18.2 Å². The fourth-order valence-corrected chi connectivity index (χ4v) is 5.52. The van der Waals surface area contributed by atoms with E-state index in [1.165, 1.54) is 12.1 Å². The van der Waals surface area contributed by atoms with E-state index in [0.29, 0.717) is 17.9 Å². The number of methoxy groups -OCH3 is 2. The van der Waals surface area contributed by atoms with Crippen LogP contribution in [0.1, 0.15) is 37.8 Å². The molecule has 7 heteroatoms. The Hall–Kier alpha value is -2.77. The summed E-state index contributed by atoms with van der Waals surface area (Å²) in [5, 5.41) is 9.97. The fraction of sp³-hybridized carbons (Fsp3) is 0.346. The van der Waals surface area contributed by atoms with Crippen molar-refractivity contribution >= 4 is 23.3 Å². The number of benzene rings is 2. The van der Waals surface area contributed by atoms with Crippen molar-refractivity contribution in [2.75, 3.05) is 14.2 Å². The lowest BCUT2D eigenvalue weighted by molar-refractivity contribution is -0.156. The molecule has 2 aromatic carbocycles. The van der Waals surface area contributed by atoms with Crippen LogP contribution in [0.25, 0.3) is 5.57 Å². The van der Waals surface area contributed by atoms with Crippen molar-refractivity contribution in [2.24, 2.45) is 0 Å². The Morgan fingerprint density at radius 2 is 1.82 bits per heavy atom. The van der Waals surface area contributed by atoms with Crippen molar-refractivity contribution in [1.29, 1.82) is 0 Å². The van der Waals surface area contributed by atoms with Crippen molar-refractivity contribution in [2.45, 2.75) is 48.5 Å². The summed E-state index contributed by atoms with van der Waals surface area (Å²) in [6.07, 6.45) is 2.95. The molecule has 0 amide bonds. The molecule has 1 saturated heterocycles. The van der Waals surface area contributed by atoms with Gasteiger partial charge in [0.15, 0.2) is 11.5 Å². The van der Waals surface area contributed by atoms with E-state index in [2.05, 4.69) is 13.8 Å². The summed E-state index contributed by atoms with van der Waals surface area (Å²) in [4.78, 5) is 12.8. The zero-order valence-corrected chi connectivity index (χ0v) is 19.9. The largest absolute Gasteiger partial charge is 0.493 e. The highest BCUT2D eigenvalue weighted by Crippen LogP contribution is 2.53. The molecule has 0 spiro atoms. The Morgan fingerprint density at radius 1 is 1.15 bits per heavy atom. The van der Waals surface area contributed by atoms with Crippen LogP contribution >= 0.6 is 11.8 Å². The van der Waals surface area contributed by atoms with E-state index >= 15 is 0 Å². The number of carbonyl (C=O) groups is 1. The molecule has 1 fully saturated rings. The second-order valence-electron chi connectivity index (χ2n) is 8.59. The summed E-state index contributed by atoms with van der Waals surface area (Å²) in [5.41, 5.74) is 3.74. The molecule has 0 unspecified atom stereocenters. The SMILES string of the molecule is COc1cc2c(cc1OC)C(c1ccc(F)cc1)=C(C=C[C@H]1C[C@H](O)CC(=O)O1)C(C)(C)S2. The molecule has 2 heterocycles. The topological polar surface area (TPSA) is 65.0 Å². The van der Waals surface area contributed by atoms with Crippen LogP contribution in [-0.4, -0.2) is 42.3 Å². The standard InChI is InChI=1S/C26H27FO5S/c1-26(2)20(10-9-18-11-17(28)12-24(29)32-18)25(15-5-7-16(27)8-6-15)19-13-21(30-3)22(31-4)14-23(19)33-26/h5-10,13-14,17-18,28H,11-12H2,1-4H3/t17-,18-/m0/s1. The predicted molar refractivity (Wildman–Crippen MR) is 126 cm³/mol. The molecule has 2 aliphatic rings. The molecule has 2 aliphatic heterocycles. The Balaban J connectivity index is 1.90. The third-order valence-corrected chi connectivity index (χ3v) is 7.13. The molecule has 4 rings (SSSR count). The highest BCUT2D eigenvalue weighted by Gasteiger charge is 2.35. The summed E-state index contributed by atoms with van der Waals surface area (Å²) in [7, 11) is 3.20. The lowest BCUT2D eigenvalue weighted by atomic mass is 9.86. The molecule has 33 heavy (non-hydrogen) atoms. The van der Waals surface area contributed by atoms with Crippen LogP contribution in [0, 0.1) is 5.82 Å². The molecular weight excluding hydrogens is 443 g/mol. The number of hydrogen-bond donors (Lipinski definition) is 1. The Kier molecular flexibility index (Phi) is 6.54. The van der Waals surface area contributed by atoms with Crippen molar-refractivity contribution in [3.05, 3.63) is 71.1 Å². The summed E-state index contributed by atoms with van der Waals surface area (Å²) in [5.74, 6) is 0.524. The molecule has 2 atom stereocenters. The number of aliphatic hydroxyl groups is 1. The van der Waals surface area contributed by atoms with Crippen LogP contribution in [-0.2, 0) is 9.53 Å². The molecule has 0 saturated carbocycles. The fourth-order valence-electron chi connectivity index (χ4n) is 4.26. The highest BCUT2D eigenvalue weighted by atomic mass is 32.2. The number of carbonyl (C=O) groups excluding carboxylic acids is 1. The molecule has 2 aromatic rings. The highest BCUT2D eigenvalue weighted by molar-refractivity contribution is 8.01. The number of rotatable bonds is 5. The van der Waals surface area contributed by atoms with E-state index in [4.69, 9.17) is 14.2 Å². The number of esters is 1. The predicted octanol–water partition coefficient (Wildman–Crippen LogP) is 5.15. The second kappa shape index (κ2) is 9.23. The van der Waals surface area contributed by atoms with Gasteiger partial charge < -0.3 is 19.3 Å². The minimum absolute atomic E-state index is 0.0181. The third-order valence-electron chi connectivity index (χ3n) is 5.84. The zero-order valence-electron chi connectivity index (χ0n) is 19.1. The van der Waals surface area contributed by atoms with Crippen LogP contribution in [0.15, 0.2) is 59.0 Å². The smallest absolute Gasteiger partial charge is 0.309 e. The quantitative estimate of drug-likeness (QED) is 0.610. The molecule has 174 valence electrons. The molecule has 1 N–H and O–H groups in total. The van der Waals surface area contributed by atoms with Crippen molar-refractivity contribution in [3.8, 4) is 11.5 Å². The average Bonchev–Trinajstić information content (AvgIpc) is 2.76.